The van der Waals surface area contributed by atoms with E-state index >= 15 is 0 Å². The van der Waals surface area contributed by atoms with E-state index in [1.807, 2.05) is 6.07 Å². The Morgan fingerprint density at radius 2 is 2.43 bits per heavy atom. The molecule has 1 atom stereocenters. The van der Waals surface area contributed by atoms with Crippen LogP contribution in [0.3, 0.4) is 0 Å². The highest BCUT2D eigenvalue weighted by molar-refractivity contribution is 9.09. The summed E-state index contributed by atoms with van der Waals surface area (Å²) >= 11 is 9.74. The lowest BCUT2D eigenvalue weighted by Gasteiger charge is -2.32. The summed E-state index contributed by atoms with van der Waals surface area (Å²) in [6, 6.07) is 1.98. The number of anilines is 1. The topological polar surface area (TPSA) is 16.1 Å². The van der Waals surface area contributed by atoms with Crippen LogP contribution in [0, 0.1) is 0 Å². The molecule has 2 rings (SSSR count). The van der Waals surface area contributed by atoms with Crippen molar-refractivity contribution in [2.24, 2.45) is 0 Å². The van der Waals surface area contributed by atoms with Crippen molar-refractivity contribution in [1.29, 1.82) is 0 Å². The van der Waals surface area contributed by atoms with Gasteiger partial charge in [-0.25, -0.2) is 0 Å². The number of alkyl halides is 1. The van der Waals surface area contributed by atoms with E-state index in [0.717, 1.165) is 23.8 Å². The SMILES string of the molecule is Clc1cnccc1N1CCCC(Br)C1. The van der Waals surface area contributed by atoms with Gasteiger partial charge in [-0.2, -0.15) is 0 Å². The van der Waals surface area contributed by atoms with E-state index in [2.05, 4.69) is 25.8 Å². The Labute approximate surface area is 97.4 Å². The molecule has 1 aromatic rings. The zero-order chi connectivity index (χ0) is 9.97. The highest BCUT2D eigenvalue weighted by Crippen LogP contribution is 2.28. The zero-order valence-corrected chi connectivity index (χ0v) is 10.1. The summed E-state index contributed by atoms with van der Waals surface area (Å²) in [5, 5.41) is 0.745. The number of pyridine rings is 1. The molecule has 14 heavy (non-hydrogen) atoms. The quantitative estimate of drug-likeness (QED) is 0.732. The number of nitrogens with zero attached hydrogens (tertiary/aromatic N) is 2. The van der Waals surface area contributed by atoms with E-state index in [1.54, 1.807) is 12.4 Å². The lowest BCUT2D eigenvalue weighted by molar-refractivity contribution is 0.596. The van der Waals surface area contributed by atoms with Crippen LogP contribution in [0.25, 0.3) is 0 Å². The van der Waals surface area contributed by atoms with Crippen molar-refractivity contribution >= 4 is 33.2 Å². The minimum Gasteiger partial charge on any atom is -0.369 e. The average Bonchev–Trinajstić information content (AvgIpc) is 2.18. The molecule has 4 heteroatoms. The number of halogens is 2. The second-order valence-electron chi connectivity index (χ2n) is 3.51. The number of hydrogen-bond acceptors (Lipinski definition) is 2. The van der Waals surface area contributed by atoms with Crippen LogP contribution in [0.2, 0.25) is 5.02 Å². The Hall–Kier alpha value is -0.280. The molecule has 0 saturated carbocycles. The van der Waals surface area contributed by atoms with Crippen molar-refractivity contribution < 1.29 is 0 Å². The second kappa shape index (κ2) is 4.49. The zero-order valence-electron chi connectivity index (χ0n) is 7.79. The fourth-order valence-corrected chi connectivity index (χ4v) is 2.68. The summed E-state index contributed by atoms with van der Waals surface area (Å²) in [7, 11) is 0. The fraction of sp³-hybridized carbons (Fsp3) is 0.500. The first kappa shape index (κ1) is 10.2. The van der Waals surface area contributed by atoms with Crippen molar-refractivity contribution in [3.63, 3.8) is 0 Å². The minimum atomic E-state index is 0.584. The third-order valence-electron chi connectivity index (χ3n) is 2.46. The molecule has 0 radical (unpaired) electrons. The molecular weight excluding hydrogens is 263 g/mol. The molecule has 1 aliphatic rings. The van der Waals surface area contributed by atoms with Crippen molar-refractivity contribution in [2.75, 3.05) is 18.0 Å². The first-order valence-corrected chi connectivity index (χ1v) is 6.05. The normalized spacial score (nSPS) is 22.4. The average molecular weight is 276 g/mol. The van der Waals surface area contributed by atoms with Gasteiger partial charge in [0.05, 0.1) is 10.7 Å². The highest BCUT2D eigenvalue weighted by atomic mass is 79.9. The van der Waals surface area contributed by atoms with E-state index in [-0.39, 0.29) is 0 Å². The maximum absolute atomic E-state index is 6.09. The first-order chi connectivity index (χ1) is 6.77. The monoisotopic (exact) mass is 274 g/mol. The Morgan fingerprint density at radius 3 is 3.14 bits per heavy atom. The Balaban J connectivity index is 2.18. The van der Waals surface area contributed by atoms with Crippen LogP contribution >= 0.6 is 27.5 Å². The van der Waals surface area contributed by atoms with Crippen molar-refractivity contribution in [1.82, 2.24) is 4.98 Å². The predicted octanol–water partition coefficient (Wildman–Crippen LogP) is 3.10. The summed E-state index contributed by atoms with van der Waals surface area (Å²) in [6.07, 6.45) is 5.96. The molecule has 1 fully saturated rings. The van der Waals surface area contributed by atoms with Gasteiger partial charge in [-0.3, -0.25) is 4.98 Å². The van der Waals surface area contributed by atoms with Crippen molar-refractivity contribution in [2.45, 2.75) is 17.7 Å². The standard InChI is InChI=1S/C10H12BrClN2/c11-8-2-1-5-14(7-8)10-3-4-13-6-9(10)12/h3-4,6,8H,1-2,5,7H2. The lowest BCUT2D eigenvalue weighted by atomic mass is 10.1. The van der Waals surface area contributed by atoms with Crippen LogP contribution in [0.1, 0.15) is 12.8 Å². The molecule has 1 unspecified atom stereocenters. The van der Waals surface area contributed by atoms with E-state index in [4.69, 9.17) is 11.6 Å². The molecule has 0 amide bonds. The maximum atomic E-state index is 6.09. The summed E-state index contributed by atoms with van der Waals surface area (Å²) < 4.78 is 0. The largest absolute Gasteiger partial charge is 0.369 e. The van der Waals surface area contributed by atoms with Crippen LogP contribution in [-0.4, -0.2) is 22.9 Å². The Kier molecular flexibility index (Phi) is 3.29. The third kappa shape index (κ3) is 2.20. The summed E-state index contributed by atoms with van der Waals surface area (Å²) in [6.45, 7) is 2.12. The Morgan fingerprint density at radius 1 is 1.57 bits per heavy atom. The smallest absolute Gasteiger partial charge is 0.0822 e. The molecule has 76 valence electrons. The third-order valence-corrected chi connectivity index (χ3v) is 3.49. The summed E-state index contributed by atoms with van der Waals surface area (Å²) in [5.74, 6) is 0. The van der Waals surface area contributed by atoms with Crippen molar-refractivity contribution in [3.8, 4) is 0 Å². The minimum absolute atomic E-state index is 0.584. The van der Waals surface area contributed by atoms with Crippen LogP contribution in [0.5, 0.6) is 0 Å². The van der Waals surface area contributed by atoms with Crippen LogP contribution < -0.4 is 4.90 Å². The molecule has 0 spiro atoms. The number of aromatic nitrogens is 1. The first-order valence-electron chi connectivity index (χ1n) is 4.76. The van der Waals surface area contributed by atoms with Crippen LogP contribution in [0.4, 0.5) is 5.69 Å². The second-order valence-corrected chi connectivity index (χ2v) is 5.21. The summed E-state index contributed by atoms with van der Waals surface area (Å²) in [4.78, 5) is 6.88. The van der Waals surface area contributed by atoms with E-state index in [9.17, 15) is 0 Å². The molecular formula is C10H12BrClN2. The van der Waals surface area contributed by atoms with E-state index in [1.165, 1.54) is 12.8 Å². The van der Waals surface area contributed by atoms with Gasteiger partial charge in [0.2, 0.25) is 0 Å². The molecule has 0 aliphatic carbocycles. The van der Waals surface area contributed by atoms with Crippen molar-refractivity contribution in [3.05, 3.63) is 23.5 Å². The summed E-state index contributed by atoms with van der Waals surface area (Å²) in [5.41, 5.74) is 1.10. The van der Waals surface area contributed by atoms with Gasteiger partial charge < -0.3 is 4.90 Å². The van der Waals surface area contributed by atoms with Gasteiger partial charge in [0.25, 0.3) is 0 Å². The molecule has 1 aliphatic heterocycles. The van der Waals surface area contributed by atoms with Gasteiger partial charge >= 0.3 is 0 Å². The molecule has 0 N–H and O–H groups in total. The number of piperidine rings is 1. The molecule has 2 nitrogen and oxygen atoms in total. The Bertz CT molecular complexity index is 319. The van der Waals surface area contributed by atoms with Gasteiger partial charge in [0.1, 0.15) is 0 Å². The van der Waals surface area contributed by atoms with Gasteiger partial charge in [0, 0.05) is 30.3 Å². The van der Waals surface area contributed by atoms with Crippen LogP contribution in [0.15, 0.2) is 18.5 Å². The van der Waals surface area contributed by atoms with Crippen LogP contribution in [-0.2, 0) is 0 Å². The number of hydrogen-bond donors (Lipinski definition) is 0. The molecule has 1 aromatic heterocycles. The van der Waals surface area contributed by atoms with Gasteiger partial charge in [-0.15, -0.1) is 0 Å². The van der Waals surface area contributed by atoms with E-state index in [0.29, 0.717) is 4.83 Å². The molecule has 0 aromatic carbocycles. The molecule has 2 heterocycles. The van der Waals surface area contributed by atoms with Gasteiger partial charge in [-0.1, -0.05) is 27.5 Å². The number of rotatable bonds is 1. The molecule has 0 bridgehead atoms. The van der Waals surface area contributed by atoms with E-state index < -0.39 is 0 Å². The fourth-order valence-electron chi connectivity index (χ4n) is 1.77. The van der Waals surface area contributed by atoms with Gasteiger partial charge in [-0.05, 0) is 18.9 Å². The molecule has 1 saturated heterocycles. The predicted molar refractivity (Wildman–Crippen MR) is 63.4 cm³/mol. The maximum Gasteiger partial charge on any atom is 0.0822 e. The van der Waals surface area contributed by atoms with Gasteiger partial charge in [0.15, 0.2) is 0 Å². The lowest BCUT2D eigenvalue weighted by Crippen LogP contribution is -2.35. The highest BCUT2D eigenvalue weighted by Gasteiger charge is 2.19.